The molecule has 4 heteroatoms. The van der Waals surface area contributed by atoms with Gasteiger partial charge in [0, 0.05) is 4.47 Å². The molecule has 2 aromatic rings. The highest BCUT2D eigenvalue weighted by Crippen LogP contribution is 2.35. The van der Waals surface area contributed by atoms with Gasteiger partial charge in [0.1, 0.15) is 13.2 Å². The molecule has 0 bridgehead atoms. The minimum absolute atomic E-state index is 0.173. The third-order valence-corrected chi connectivity index (χ3v) is 4.66. The maximum Gasteiger partial charge on any atom is 0.161 e. The number of rotatable bonds is 2. The van der Waals surface area contributed by atoms with Gasteiger partial charge in [-0.05, 0) is 54.3 Å². The van der Waals surface area contributed by atoms with Crippen LogP contribution in [0.2, 0.25) is 0 Å². The molecule has 0 aromatic heterocycles. The van der Waals surface area contributed by atoms with Gasteiger partial charge < -0.3 is 15.2 Å². The van der Waals surface area contributed by atoms with Crippen LogP contribution in [0.15, 0.2) is 34.8 Å². The van der Waals surface area contributed by atoms with Crippen LogP contribution < -0.4 is 15.2 Å². The molecule has 0 radical (unpaired) electrons. The number of benzene rings is 2. The lowest BCUT2D eigenvalue weighted by Gasteiger charge is -2.22. The normalized spacial score (nSPS) is 14.9. The predicted octanol–water partition coefficient (Wildman–Crippen LogP) is 3.89. The summed E-state index contributed by atoms with van der Waals surface area (Å²) >= 11 is 3.56. The second-order valence-corrected chi connectivity index (χ2v) is 6.19. The van der Waals surface area contributed by atoms with Gasteiger partial charge in [0.2, 0.25) is 0 Å². The van der Waals surface area contributed by atoms with Crippen LogP contribution in [0.3, 0.4) is 0 Å². The number of ether oxygens (including phenoxy) is 2. The molecule has 2 aromatic carbocycles. The van der Waals surface area contributed by atoms with E-state index in [1.54, 1.807) is 0 Å². The first kappa shape index (κ1) is 14.4. The van der Waals surface area contributed by atoms with Crippen molar-refractivity contribution in [3.8, 4) is 11.5 Å². The summed E-state index contributed by atoms with van der Waals surface area (Å²) in [6.07, 6.45) is 0. The van der Waals surface area contributed by atoms with E-state index in [0.717, 1.165) is 27.1 Å². The molecule has 0 saturated heterocycles. The Balaban J connectivity index is 1.98. The number of aryl methyl sites for hydroxylation is 2. The molecule has 0 amide bonds. The topological polar surface area (TPSA) is 44.5 Å². The Kier molecular flexibility index (Phi) is 3.91. The largest absolute Gasteiger partial charge is 0.486 e. The molecule has 3 nitrogen and oxygen atoms in total. The number of fused-ring (bicyclic) bond motifs is 1. The molecule has 0 spiro atoms. The minimum Gasteiger partial charge on any atom is -0.486 e. The van der Waals surface area contributed by atoms with Crippen LogP contribution in [0.4, 0.5) is 0 Å². The Labute approximate surface area is 133 Å². The Morgan fingerprint density at radius 2 is 1.71 bits per heavy atom. The summed E-state index contributed by atoms with van der Waals surface area (Å²) in [5.41, 5.74) is 11.0. The monoisotopic (exact) mass is 347 g/mol. The number of nitrogens with two attached hydrogens (primary N) is 1. The number of hydrogen-bond donors (Lipinski definition) is 1. The van der Waals surface area contributed by atoms with Crippen molar-refractivity contribution in [3.05, 3.63) is 57.1 Å². The van der Waals surface area contributed by atoms with Gasteiger partial charge in [0.25, 0.3) is 0 Å². The summed E-state index contributed by atoms with van der Waals surface area (Å²) < 4.78 is 12.3. The molecule has 3 rings (SSSR count). The summed E-state index contributed by atoms with van der Waals surface area (Å²) in [4.78, 5) is 0. The summed E-state index contributed by atoms with van der Waals surface area (Å²) in [5, 5.41) is 0. The molecule has 1 unspecified atom stereocenters. The highest BCUT2D eigenvalue weighted by molar-refractivity contribution is 9.10. The van der Waals surface area contributed by atoms with E-state index in [0.29, 0.717) is 13.2 Å². The van der Waals surface area contributed by atoms with Gasteiger partial charge in [-0.25, -0.2) is 0 Å². The first-order chi connectivity index (χ1) is 10.1. The lowest BCUT2D eigenvalue weighted by atomic mass is 9.94. The van der Waals surface area contributed by atoms with E-state index in [4.69, 9.17) is 15.2 Å². The van der Waals surface area contributed by atoms with E-state index in [-0.39, 0.29) is 6.04 Å². The summed E-state index contributed by atoms with van der Waals surface area (Å²) in [6.45, 7) is 5.34. The second kappa shape index (κ2) is 5.70. The first-order valence-electron chi connectivity index (χ1n) is 6.98. The smallest absolute Gasteiger partial charge is 0.161 e. The first-order valence-corrected chi connectivity index (χ1v) is 7.77. The third-order valence-electron chi connectivity index (χ3n) is 3.81. The van der Waals surface area contributed by atoms with Gasteiger partial charge in [-0.2, -0.15) is 0 Å². The van der Waals surface area contributed by atoms with Crippen LogP contribution in [-0.2, 0) is 0 Å². The van der Waals surface area contributed by atoms with Gasteiger partial charge in [-0.15, -0.1) is 0 Å². The zero-order chi connectivity index (χ0) is 15.0. The van der Waals surface area contributed by atoms with Gasteiger partial charge in [-0.1, -0.05) is 28.1 Å². The Morgan fingerprint density at radius 3 is 2.48 bits per heavy atom. The highest BCUT2D eigenvalue weighted by Gasteiger charge is 2.17. The Morgan fingerprint density at radius 1 is 1.00 bits per heavy atom. The molecule has 2 N–H and O–H groups in total. The predicted molar refractivity (Wildman–Crippen MR) is 87.1 cm³/mol. The van der Waals surface area contributed by atoms with Crippen molar-refractivity contribution in [2.75, 3.05) is 13.2 Å². The Hall–Kier alpha value is -1.52. The average molecular weight is 348 g/mol. The van der Waals surface area contributed by atoms with E-state index in [1.807, 2.05) is 18.2 Å². The van der Waals surface area contributed by atoms with E-state index in [1.165, 1.54) is 11.1 Å². The van der Waals surface area contributed by atoms with Gasteiger partial charge in [-0.3, -0.25) is 0 Å². The molecule has 110 valence electrons. The van der Waals surface area contributed by atoms with Crippen molar-refractivity contribution in [1.29, 1.82) is 0 Å². The Bertz CT molecular complexity index is 685. The zero-order valence-electron chi connectivity index (χ0n) is 12.2. The third kappa shape index (κ3) is 2.78. The maximum atomic E-state index is 6.46. The number of hydrogen-bond acceptors (Lipinski definition) is 3. The van der Waals surface area contributed by atoms with Crippen molar-refractivity contribution in [3.63, 3.8) is 0 Å². The van der Waals surface area contributed by atoms with Crippen molar-refractivity contribution in [2.24, 2.45) is 5.73 Å². The average Bonchev–Trinajstić information content (AvgIpc) is 2.50. The van der Waals surface area contributed by atoms with Crippen molar-refractivity contribution < 1.29 is 9.47 Å². The molecule has 0 fully saturated rings. The van der Waals surface area contributed by atoms with Gasteiger partial charge >= 0.3 is 0 Å². The van der Waals surface area contributed by atoms with E-state index in [2.05, 4.69) is 41.9 Å². The second-order valence-electron chi connectivity index (χ2n) is 5.34. The quantitative estimate of drug-likeness (QED) is 0.896. The standard InChI is InChI=1S/C17H18BrNO2/c1-10-8-14(18)11(2)7-13(10)17(19)12-3-4-15-16(9-12)21-6-5-20-15/h3-4,7-9,17H,5-6,19H2,1-2H3. The molecule has 1 atom stereocenters. The molecular formula is C17H18BrNO2. The van der Waals surface area contributed by atoms with Crippen molar-refractivity contribution >= 4 is 15.9 Å². The summed E-state index contributed by atoms with van der Waals surface area (Å²) in [6, 6.07) is 10.0. The fourth-order valence-electron chi connectivity index (χ4n) is 2.57. The van der Waals surface area contributed by atoms with Gasteiger partial charge in [0.15, 0.2) is 11.5 Å². The van der Waals surface area contributed by atoms with Crippen molar-refractivity contribution in [2.45, 2.75) is 19.9 Å². The summed E-state index contributed by atoms with van der Waals surface area (Å²) in [7, 11) is 0. The maximum absolute atomic E-state index is 6.46. The number of halogens is 1. The van der Waals surface area contributed by atoms with Crippen LogP contribution in [0.1, 0.15) is 28.3 Å². The van der Waals surface area contributed by atoms with Crippen molar-refractivity contribution in [1.82, 2.24) is 0 Å². The van der Waals surface area contributed by atoms with Crippen LogP contribution in [0.5, 0.6) is 11.5 Å². The van der Waals surface area contributed by atoms with E-state index in [9.17, 15) is 0 Å². The van der Waals surface area contributed by atoms with Crippen LogP contribution in [0.25, 0.3) is 0 Å². The fraction of sp³-hybridized carbons (Fsp3) is 0.294. The summed E-state index contributed by atoms with van der Waals surface area (Å²) in [5.74, 6) is 1.57. The SMILES string of the molecule is Cc1cc(C(N)c2ccc3c(c2)OCCO3)c(C)cc1Br. The lowest BCUT2D eigenvalue weighted by molar-refractivity contribution is 0.171. The molecular weight excluding hydrogens is 330 g/mol. The van der Waals surface area contributed by atoms with Crippen LogP contribution in [-0.4, -0.2) is 13.2 Å². The lowest BCUT2D eigenvalue weighted by Crippen LogP contribution is -2.17. The molecule has 0 aliphatic carbocycles. The van der Waals surface area contributed by atoms with Crippen LogP contribution >= 0.6 is 15.9 Å². The molecule has 1 heterocycles. The van der Waals surface area contributed by atoms with Crippen LogP contribution in [0, 0.1) is 13.8 Å². The van der Waals surface area contributed by atoms with E-state index < -0.39 is 0 Å². The van der Waals surface area contributed by atoms with E-state index >= 15 is 0 Å². The fourth-order valence-corrected chi connectivity index (χ4v) is 3.03. The zero-order valence-corrected chi connectivity index (χ0v) is 13.7. The molecule has 1 aliphatic rings. The molecule has 0 saturated carbocycles. The molecule has 21 heavy (non-hydrogen) atoms. The molecule has 1 aliphatic heterocycles. The minimum atomic E-state index is -0.173. The highest BCUT2D eigenvalue weighted by atomic mass is 79.9. The van der Waals surface area contributed by atoms with Gasteiger partial charge in [0.05, 0.1) is 6.04 Å².